The van der Waals surface area contributed by atoms with Crippen molar-refractivity contribution in [2.75, 3.05) is 0 Å². The fourth-order valence-electron chi connectivity index (χ4n) is 0.426. The van der Waals surface area contributed by atoms with E-state index in [1.165, 1.54) is 0 Å². The monoisotopic (exact) mass is 103 g/mol. The van der Waals surface area contributed by atoms with Gasteiger partial charge in [-0.25, -0.2) is 4.39 Å². The lowest BCUT2D eigenvalue weighted by Gasteiger charge is -1.95. The SMILES string of the molecule is [CH2]CCCC(C)F. The third kappa shape index (κ3) is 5.93. The zero-order valence-corrected chi connectivity index (χ0v) is 4.78. The first-order valence-electron chi connectivity index (χ1n) is 2.70. The fourth-order valence-corrected chi connectivity index (χ4v) is 0.426. The zero-order valence-electron chi connectivity index (χ0n) is 4.78. The summed E-state index contributed by atoms with van der Waals surface area (Å²) in [4.78, 5) is 0. The Bertz CT molecular complexity index is 33.2. The van der Waals surface area contributed by atoms with Gasteiger partial charge in [-0.2, -0.15) is 0 Å². The van der Waals surface area contributed by atoms with Crippen LogP contribution in [0.4, 0.5) is 4.39 Å². The summed E-state index contributed by atoms with van der Waals surface area (Å²) >= 11 is 0. The second kappa shape index (κ2) is 4.10. The molecule has 1 heteroatoms. The minimum Gasteiger partial charge on any atom is -0.248 e. The molecule has 1 atom stereocenters. The Kier molecular flexibility index (Phi) is 4.06. The molecule has 0 aliphatic heterocycles. The van der Waals surface area contributed by atoms with Crippen LogP contribution in [0.15, 0.2) is 0 Å². The highest BCUT2D eigenvalue weighted by atomic mass is 19.1. The molecule has 0 aliphatic rings. The number of rotatable bonds is 3. The predicted octanol–water partition coefficient (Wildman–Crippen LogP) is 2.35. The van der Waals surface area contributed by atoms with E-state index in [2.05, 4.69) is 6.92 Å². The second-order valence-corrected chi connectivity index (χ2v) is 1.78. The summed E-state index contributed by atoms with van der Waals surface area (Å²) in [6, 6.07) is 0. The molecule has 1 radical (unpaired) electrons. The molecule has 0 aromatic carbocycles. The van der Waals surface area contributed by atoms with Crippen LogP contribution < -0.4 is 0 Å². The van der Waals surface area contributed by atoms with Crippen LogP contribution in [0.25, 0.3) is 0 Å². The molecule has 0 rings (SSSR count). The van der Waals surface area contributed by atoms with Crippen LogP contribution in [0, 0.1) is 6.92 Å². The first-order chi connectivity index (χ1) is 3.27. The van der Waals surface area contributed by atoms with Gasteiger partial charge in [0, 0.05) is 0 Å². The standard InChI is InChI=1S/C6H12F/c1-3-4-5-6(2)7/h6H,1,3-5H2,2H3. The molecular weight excluding hydrogens is 91.1 g/mol. The highest BCUT2D eigenvalue weighted by molar-refractivity contribution is 4.48. The number of hydrogen-bond donors (Lipinski definition) is 0. The summed E-state index contributed by atoms with van der Waals surface area (Å²) in [6.45, 7) is 5.17. The fraction of sp³-hybridized carbons (Fsp3) is 0.833. The molecule has 7 heavy (non-hydrogen) atoms. The van der Waals surface area contributed by atoms with Crippen molar-refractivity contribution < 1.29 is 4.39 Å². The third-order valence-corrected chi connectivity index (χ3v) is 0.852. The van der Waals surface area contributed by atoms with Crippen molar-refractivity contribution in [3.63, 3.8) is 0 Å². The largest absolute Gasteiger partial charge is 0.248 e. The second-order valence-electron chi connectivity index (χ2n) is 1.78. The molecule has 0 amide bonds. The molecule has 0 saturated heterocycles. The van der Waals surface area contributed by atoms with Crippen molar-refractivity contribution in [1.82, 2.24) is 0 Å². The predicted molar refractivity (Wildman–Crippen MR) is 29.8 cm³/mol. The van der Waals surface area contributed by atoms with Crippen LogP contribution in [0.3, 0.4) is 0 Å². The normalized spacial score (nSPS) is 14.1. The van der Waals surface area contributed by atoms with Crippen molar-refractivity contribution in [2.24, 2.45) is 0 Å². The summed E-state index contributed by atoms with van der Waals surface area (Å²) in [6.07, 6.45) is 1.80. The van der Waals surface area contributed by atoms with Crippen LogP contribution in [-0.4, -0.2) is 6.17 Å². The first kappa shape index (κ1) is 6.93. The Labute approximate surface area is 44.7 Å². The van der Waals surface area contributed by atoms with Gasteiger partial charge in [-0.05, 0) is 13.3 Å². The number of unbranched alkanes of at least 4 members (excludes halogenated alkanes) is 1. The van der Waals surface area contributed by atoms with E-state index in [4.69, 9.17) is 0 Å². The molecule has 0 heterocycles. The summed E-state index contributed by atoms with van der Waals surface area (Å²) in [7, 11) is 0. The molecular formula is C6H12F. The van der Waals surface area contributed by atoms with Gasteiger partial charge in [0.15, 0.2) is 0 Å². The van der Waals surface area contributed by atoms with E-state index in [1.807, 2.05) is 0 Å². The molecule has 0 aliphatic carbocycles. The Morgan fingerprint density at radius 3 is 2.43 bits per heavy atom. The van der Waals surface area contributed by atoms with Crippen molar-refractivity contribution in [3.8, 4) is 0 Å². The first-order valence-corrected chi connectivity index (χ1v) is 2.70. The minimum atomic E-state index is -0.637. The highest BCUT2D eigenvalue weighted by Gasteiger charge is 1.93. The maximum atomic E-state index is 11.9. The quantitative estimate of drug-likeness (QED) is 0.514. The van der Waals surface area contributed by atoms with Gasteiger partial charge in [0.1, 0.15) is 0 Å². The average Bonchev–Trinajstić information content (AvgIpc) is 1.61. The smallest absolute Gasteiger partial charge is 0.0973 e. The van der Waals surface area contributed by atoms with Crippen molar-refractivity contribution in [1.29, 1.82) is 0 Å². The Morgan fingerprint density at radius 2 is 2.29 bits per heavy atom. The van der Waals surface area contributed by atoms with E-state index in [0.29, 0.717) is 6.42 Å². The lowest BCUT2D eigenvalue weighted by molar-refractivity contribution is 0.335. The van der Waals surface area contributed by atoms with E-state index in [0.717, 1.165) is 12.8 Å². The molecule has 0 N–H and O–H groups in total. The van der Waals surface area contributed by atoms with Crippen LogP contribution in [0.2, 0.25) is 0 Å². The number of halogens is 1. The number of hydrogen-bond acceptors (Lipinski definition) is 0. The lowest BCUT2D eigenvalue weighted by atomic mass is 10.2. The number of alkyl halides is 1. The maximum Gasteiger partial charge on any atom is 0.0973 e. The van der Waals surface area contributed by atoms with Gasteiger partial charge in [-0.3, -0.25) is 0 Å². The molecule has 0 aromatic rings. The molecule has 0 nitrogen and oxygen atoms in total. The van der Waals surface area contributed by atoms with E-state index in [-0.39, 0.29) is 0 Å². The van der Waals surface area contributed by atoms with Crippen LogP contribution in [0.1, 0.15) is 26.2 Å². The molecule has 0 bridgehead atoms. The lowest BCUT2D eigenvalue weighted by Crippen LogP contribution is -1.89. The Hall–Kier alpha value is -0.0700. The summed E-state index contributed by atoms with van der Waals surface area (Å²) < 4.78 is 11.9. The summed E-state index contributed by atoms with van der Waals surface area (Å²) in [5, 5.41) is 0. The summed E-state index contributed by atoms with van der Waals surface area (Å²) in [5.41, 5.74) is 0. The van der Waals surface area contributed by atoms with Crippen molar-refractivity contribution >= 4 is 0 Å². The Balaban J connectivity index is 2.68. The molecule has 0 spiro atoms. The highest BCUT2D eigenvalue weighted by Crippen LogP contribution is 2.01. The molecule has 0 aromatic heterocycles. The molecule has 1 unspecified atom stereocenters. The topological polar surface area (TPSA) is 0 Å². The van der Waals surface area contributed by atoms with E-state index in [9.17, 15) is 4.39 Å². The van der Waals surface area contributed by atoms with Crippen LogP contribution in [-0.2, 0) is 0 Å². The summed E-state index contributed by atoms with van der Waals surface area (Å²) in [5.74, 6) is 0. The van der Waals surface area contributed by atoms with Gasteiger partial charge < -0.3 is 0 Å². The maximum absolute atomic E-state index is 11.9. The molecule has 0 saturated carbocycles. The van der Waals surface area contributed by atoms with E-state index in [1.54, 1.807) is 6.92 Å². The van der Waals surface area contributed by atoms with Crippen LogP contribution in [0.5, 0.6) is 0 Å². The molecule has 0 fully saturated rings. The zero-order chi connectivity index (χ0) is 5.70. The van der Waals surface area contributed by atoms with Crippen molar-refractivity contribution in [3.05, 3.63) is 6.92 Å². The van der Waals surface area contributed by atoms with Gasteiger partial charge in [0.05, 0.1) is 6.17 Å². The van der Waals surface area contributed by atoms with E-state index >= 15 is 0 Å². The van der Waals surface area contributed by atoms with E-state index < -0.39 is 6.17 Å². The third-order valence-electron chi connectivity index (χ3n) is 0.852. The Morgan fingerprint density at radius 1 is 1.71 bits per heavy atom. The van der Waals surface area contributed by atoms with Gasteiger partial charge in [0.2, 0.25) is 0 Å². The van der Waals surface area contributed by atoms with Gasteiger partial charge in [0.25, 0.3) is 0 Å². The van der Waals surface area contributed by atoms with Crippen LogP contribution >= 0.6 is 0 Å². The van der Waals surface area contributed by atoms with Gasteiger partial charge >= 0.3 is 0 Å². The minimum absolute atomic E-state index is 0.637. The average molecular weight is 103 g/mol. The van der Waals surface area contributed by atoms with Gasteiger partial charge in [-0.1, -0.05) is 19.8 Å². The van der Waals surface area contributed by atoms with Gasteiger partial charge in [-0.15, -0.1) is 0 Å². The van der Waals surface area contributed by atoms with Crippen molar-refractivity contribution in [2.45, 2.75) is 32.4 Å². The molecule has 43 valence electrons.